The van der Waals surface area contributed by atoms with Crippen LogP contribution in [0.3, 0.4) is 0 Å². The second-order valence-corrected chi connectivity index (χ2v) is 4.66. The van der Waals surface area contributed by atoms with Crippen LogP contribution >= 0.6 is 0 Å². The third kappa shape index (κ3) is 2.06. The van der Waals surface area contributed by atoms with E-state index in [9.17, 15) is 0 Å². The predicted molar refractivity (Wildman–Crippen MR) is 63.8 cm³/mol. The normalized spacial score (nSPS) is 21.3. The number of hydrogen-bond acceptors (Lipinski definition) is 3. The van der Waals surface area contributed by atoms with Gasteiger partial charge in [-0.25, -0.2) is 4.98 Å². The number of nitrogen functional groups attached to an aromatic ring is 1. The van der Waals surface area contributed by atoms with Crippen molar-refractivity contribution in [2.45, 2.75) is 20.3 Å². The number of nitrogens with zero attached hydrogens (tertiary/aromatic N) is 2. The first-order valence-corrected chi connectivity index (χ1v) is 5.64. The van der Waals surface area contributed by atoms with E-state index in [1.807, 2.05) is 18.3 Å². The van der Waals surface area contributed by atoms with Gasteiger partial charge in [-0.1, -0.05) is 13.8 Å². The Morgan fingerprint density at radius 1 is 1.53 bits per heavy atom. The molecule has 2 heterocycles. The Labute approximate surface area is 91.3 Å². The van der Waals surface area contributed by atoms with E-state index in [1.165, 1.54) is 6.42 Å². The average molecular weight is 205 g/mol. The molecule has 15 heavy (non-hydrogen) atoms. The Kier molecular flexibility index (Phi) is 2.80. The lowest BCUT2D eigenvalue weighted by atomic mass is 9.95. The fourth-order valence-corrected chi connectivity index (χ4v) is 2.20. The van der Waals surface area contributed by atoms with Gasteiger partial charge in [0.15, 0.2) is 5.82 Å². The van der Waals surface area contributed by atoms with Gasteiger partial charge in [-0.3, -0.25) is 0 Å². The fraction of sp³-hybridized carbons (Fsp3) is 0.583. The summed E-state index contributed by atoms with van der Waals surface area (Å²) in [6, 6.07) is 3.81. The monoisotopic (exact) mass is 205 g/mol. The molecule has 0 saturated carbocycles. The van der Waals surface area contributed by atoms with Crippen molar-refractivity contribution in [1.29, 1.82) is 0 Å². The van der Waals surface area contributed by atoms with Gasteiger partial charge >= 0.3 is 0 Å². The Morgan fingerprint density at radius 3 is 2.93 bits per heavy atom. The molecule has 0 amide bonds. The highest BCUT2D eigenvalue weighted by atomic mass is 15.2. The van der Waals surface area contributed by atoms with E-state index in [-0.39, 0.29) is 0 Å². The number of nitrogens with two attached hydrogens (primary N) is 1. The maximum absolute atomic E-state index is 5.92. The van der Waals surface area contributed by atoms with Crippen molar-refractivity contribution in [3.63, 3.8) is 0 Å². The molecule has 82 valence electrons. The summed E-state index contributed by atoms with van der Waals surface area (Å²) in [5.41, 5.74) is 6.71. The smallest absolute Gasteiger partial charge is 0.151 e. The molecule has 3 nitrogen and oxygen atoms in total. The molecule has 1 aliphatic rings. The zero-order valence-corrected chi connectivity index (χ0v) is 9.48. The quantitative estimate of drug-likeness (QED) is 0.804. The minimum Gasteiger partial charge on any atom is -0.396 e. The molecule has 3 heteroatoms. The Bertz CT molecular complexity index is 335. The van der Waals surface area contributed by atoms with Crippen LogP contribution in [0.4, 0.5) is 11.5 Å². The first-order valence-electron chi connectivity index (χ1n) is 5.64. The number of anilines is 2. The first kappa shape index (κ1) is 10.3. The van der Waals surface area contributed by atoms with Gasteiger partial charge in [0.05, 0.1) is 5.69 Å². The standard InChI is InChI=1S/C12H19N3/c1-9(2)10-5-7-15(8-10)12-11(13)4-3-6-14-12/h3-4,6,9-10H,5,7-8,13H2,1-2H3. The number of rotatable bonds is 2. The molecule has 0 aliphatic carbocycles. The molecule has 0 spiro atoms. The first-order chi connectivity index (χ1) is 7.18. The molecule has 1 fully saturated rings. The van der Waals surface area contributed by atoms with E-state index >= 15 is 0 Å². The van der Waals surface area contributed by atoms with Gasteiger partial charge in [0, 0.05) is 19.3 Å². The lowest BCUT2D eigenvalue weighted by molar-refractivity contribution is 0.422. The summed E-state index contributed by atoms with van der Waals surface area (Å²) < 4.78 is 0. The summed E-state index contributed by atoms with van der Waals surface area (Å²) in [6.07, 6.45) is 3.07. The summed E-state index contributed by atoms with van der Waals surface area (Å²) >= 11 is 0. The number of aromatic nitrogens is 1. The lowest BCUT2D eigenvalue weighted by Crippen LogP contribution is -2.23. The highest BCUT2D eigenvalue weighted by molar-refractivity contribution is 5.62. The number of pyridine rings is 1. The highest BCUT2D eigenvalue weighted by Gasteiger charge is 2.26. The van der Waals surface area contributed by atoms with Crippen molar-refractivity contribution in [2.24, 2.45) is 11.8 Å². The second kappa shape index (κ2) is 4.09. The third-order valence-corrected chi connectivity index (χ3v) is 3.28. The van der Waals surface area contributed by atoms with E-state index in [1.54, 1.807) is 0 Å². The summed E-state index contributed by atoms with van der Waals surface area (Å²) in [6.45, 7) is 6.76. The number of hydrogen-bond donors (Lipinski definition) is 1. The minimum atomic E-state index is 0.750. The van der Waals surface area contributed by atoms with Gasteiger partial charge in [0.1, 0.15) is 0 Å². The molecule has 0 bridgehead atoms. The van der Waals surface area contributed by atoms with Gasteiger partial charge < -0.3 is 10.6 Å². The zero-order valence-electron chi connectivity index (χ0n) is 9.48. The predicted octanol–water partition coefficient (Wildman–Crippen LogP) is 2.15. The van der Waals surface area contributed by atoms with Crippen LogP contribution in [-0.4, -0.2) is 18.1 Å². The molecule has 1 aromatic rings. The Hall–Kier alpha value is -1.25. The van der Waals surface area contributed by atoms with Gasteiger partial charge in [0.2, 0.25) is 0 Å². The van der Waals surface area contributed by atoms with Gasteiger partial charge in [-0.2, -0.15) is 0 Å². The fourth-order valence-electron chi connectivity index (χ4n) is 2.20. The largest absolute Gasteiger partial charge is 0.396 e. The van der Waals surface area contributed by atoms with Gasteiger partial charge in [-0.15, -0.1) is 0 Å². The molecule has 0 aromatic carbocycles. The van der Waals surface area contributed by atoms with Crippen LogP contribution in [0.5, 0.6) is 0 Å². The van der Waals surface area contributed by atoms with Crippen LogP contribution in [0, 0.1) is 11.8 Å². The van der Waals surface area contributed by atoms with Crippen molar-refractivity contribution >= 4 is 11.5 Å². The van der Waals surface area contributed by atoms with E-state index in [2.05, 4.69) is 23.7 Å². The van der Waals surface area contributed by atoms with Crippen molar-refractivity contribution < 1.29 is 0 Å². The molecule has 1 aromatic heterocycles. The van der Waals surface area contributed by atoms with Gasteiger partial charge in [-0.05, 0) is 30.4 Å². The molecule has 1 aliphatic heterocycles. The molecular weight excluding hydrogens is 186 g/mol. The summed E-state index contributed by atoms with van der Waals surface area (Å²) in [4.78, 5) is 6.66. The third-order valence-electron chi connectivity index (χ3n) is 3.28. The summed E-state index contributed by atoms with van der Waals surface area (Å²) in [7, 11) is 0. The van der Waals surface area contributed by atoms with Crippen LogP contribution in [0.2, 0.25) is 0 Å². The average Bonchev–Trinajstić information content (AvgIpc) is 2.67. The molecule has 1 unspecified atom stereocenters. The van der Waals surface area contributed by atoms with Crippen LogP contribution in [0.25, 0.3) is 0 Å². The highest BCUT2D eigenvalue weighted by Crippen LogP contribution is 2.29. The van der Waals surface area contributed by atoms with E-state index in [4.69, 9.17) is 5.73 Å². The van der Waals surface area contributed by atoms with Crippen LogP contribution in [-0.2, 0) is 0 Å². The van der Waals surface area contributed by atoms with Crippen molar-refractivity contribution in [1.82, 2.24) is 4.98 Å². The molecule has 1 atom stereocenters. The minimum absolute atomic E-state index is 0.750. The summed E-state index contributed by atoms with van der Waals surface area (Å²) in [5, 5.41) is 0. The molecule has 0 radical (unpaired) electrons. The maximum Gasteiger partial charge on any atom is 0.151 e. The van der Waals surface area contributed by atoms with E-state index in [0.717, 1.165) is 36.4 Å². The molecule has 2 N–H and O–H groups in total. The Balaban J connectivity index is 2.11. The van der Waals surface area contributed by atoms with Crippen LogP contribution in [0.1, 0.15) is 20.3 Å². The molecule has 2 rings (SSSR count). The second-order valence-electron chi connectivity index (χ2n) is 4.66. The van der Waals surface area contributed by atoms with E-state index < -0.39 is 0 Å². The lowest BCUT2D eigenvalue weighted by Gasteiger charge is -2.20. The summed E-state index contributed by atoms with van der Waals surface area (Å²) in [5.74, 6) is 2.49. The van der Waals surface area contributed by atoms with Crippen LogP contribution in [0.15, 0.2) is 18.3 Å². The molecular formula is C12H19N3. The topological polar surface area (TPSA) is 42.2 Å². The Morgan fingerprint density at radius 2 is 2.33 bits per heavy atom. The van der Waals surface area contributed by atoms with Gasteiger partial charge in [0.25, 0.3) is 0 Å². The van der Waals surface area contributed by atoms with Crippen molar-refractivity contribution in [2.75, 3.05) is 23.7 Å². The van der Waals surface area contributed by atoms with E-state index in [0.29, 0.717) is 0 Å². The van der Waals surface area contributed by atoms with Crippen LogP contribution < -0.4 is 10.6 Å². The van der Waals surface area contributed by atoms with Crippen molar-refractivity contribution in [3.8, 4) is 0 Å². The molecule has 1 saturated heterocycles. The van der Waals surface area contributed by atoms with Crippen molar-refractivity contribution in [3.05, 3.63) is 18.3 Å². The zero-order chi connectivity index (χ0) is 10.8. The SMILES string of the molecule is CC(C)C1CCN(c2ncccc2N)C1. The maximum atomic E-state index is 5.92.